The van der Waals surface area contributed by atoms with Gasteiger partial charge in [-0.05, 0) is 24.5 Å². The Morgan fingerprint density at radius 2 is 1.26 bits per heavy atom. The van der Waals surface area contributed by atoms with Gasteiger partial charge in [-0.3, -0.25) is 14.5 Å². The molecular formula is C32H47NO17. The monoisotopic (exact) mass is 717 g/mol. The Kier molecular flexibility index (Phi) is 13.0. The molecule has 0 aliphatic carbocycles. The molecule has 282 valence electrons. The van der Waals surface area contributed by atoms with Crippen LogP contribution in [0.1, 0.15) is 41.0 Å². The largest absolute Gasteiger partial charge is 0.394 e. The van der Waals surface area contributed by atoms with Gasteiger partial charge in [0.15, 0.2) is 12.6 Å². The maximum atomic E-state index is 12.6. The highest BCUT2D eigenvalue weighted by Gasteiger charge is 2.52. The van der Waals surface area contributed by atoms with Crippen LogP contribution in [-0.4, -0.2) is 188 Å². The zero-order valence-electron chi connectivity index (χ0n) is 27.5. The maximum absolute atomic E-state index is 12.6. The van der Waals surface area contributed by atoms with E-state index in [9.17, 15) is 55.5 Å². The molecule has 9 N–H and O–H groups in total. The average molecular weight is 718 g/mol. The smallest absolute Gasteiger partial charge is 0.261 e. The molecule has 50 heavy (non-hydrogen) atoms. The van der Waals surface area contributed by atoms with Crippen molar-refractivity contribution in [1.29, 1.82) is 0 Å². The fraction of sp³-hybridized carbons (Fsp3) is 0.750. The quantitative estimate of drug-likeness (QED) is 0.0692. The van der Waals surface area contributed by atoms with Crippen LogP contribution in [-0.2, 0) is 28.4 Å². The van der Waals surface area contributed by atoms with E-state index in [-0.39, 0.29) is 32.1 Å². The molecule has 0 bridgehead atoms. The van der Waals surface area contributed by atoms with Crippen molar-refractivity contribution in [2.45, 2.75) is 112 Å². The van der Waals surface area contributed by atoms with Gasteiger partial charge in [-0.15, -0.1) is 0 Å². The van der Waals surface area contributed by atoms with Gasteiger partial charge in [0.05, 0.1) is 37.1 Å². The number of hydrogen-bond acceptors (Lipinski definition) is 17. The molecule has 15 atom stereocenters. The van der Waals surface area contributed by atoms with Gasteiger partial charge in [0, 0.05) is 13.2 Å². The van der Waals surface area contributed by atoms with Gasteiger partial charge in [-0.1, -0.05) is 26.0 Å². The Balaban J connectivity index is 1.15. The number of amides is 2. The Morgan fingerprint density at radius 1 is 0.700 bits per heavy atom. The van der Waals surface area contributed by atoms with Gasteiger partial charge < -0.3 is 74.4 Å². The third-order valence-corrected chi connectivity index (χ3v) is 9.44. The summed E-state index contributed by atoms with van der Waals surface area (Å²) in [5.74, 6) is -1.14. The van der Waals surface area contributed by atoms with E-state index in [1.54, 1.807) is 38.1 Å². The molecule has 2 amide bonds. The van der Waals surface area contributed by atoms with E-state index < -0.39 is 117 Å². The van der Waals surface area contributed by atoms with Gasteiger partial charge in [0.1, 0.15) is 73.2 Å². The lowest BCUT2D eigenvalue weighted by molar-refractivity contribution is -0.349. The molecule has 3 saturated heterocycles. The highest BCUT2D eigenvalue weighted by molar-refractivity contribution is 6.21. The van der Waals surface area contributed by atoms with Crippen LogP contribution in [0.25, 0.3) is 0 Å². The predicted molar refractivity (Wildman–Crippen MR) is 164 cm³/mol. The van der Waals surface area contributed by atoms with Crippen LogP contribution in [0, 0.1) is 5.92 Å². The average Bonchev–Trinajstić information content (AvgIpc) is 3.34. The number of carbonyl (C=O) groups is 2. The van der Waals surface area contributed by atoms with E-state index in [2.05, 4.69) is 0 Å². The third kappa shape index (κ3) is 7.89. The van der Waals surface area contributed by atoms with Crippen molar-refractivity contribution in [1.82, 2.24) is 4.90 Å². The number of ether oxygens (including phenoxy) is 6. The number of imide groups is 1. The minimum Gasteiger partial charge on any atom is -0.394 e. The highest BCUT2D eigenvalue weighted by Crippen LogP contribution is 2.32. The molecule has 18 nitrogen and oxygen atoms in total. The summed E-state index contributed by atoms with van der Waals surface area (Å²) < 4.78 is 34.0. The topological polar surface area (TPSA) is 275 Å². The SMILES string of the molecule is CC(C)C1OC(COC2OC(COCCCN3C(=O)c4ccccc4C3=O)C(O)C(O)C2O)C(O)C(OC2OC(CO)C(O)C(O)C2O)C1O. The lowest BCUT2D eigenvalue weighted by Crippen LogP contribution is -2.65. The van der Waals surface area contributed by atoms with Gasteiger partial charge >= 0.3 is 0 Å². The van der Waals surface area contributed by atoms with Crippen molar-refractivity contribution in [3.8, 4) is 0 Å². The van der Waals surface area contributed by atoms with Crippen LogP contribution in [0.3, 0.4) is 0 Å². The van der Waals surface area contributed by atoms with Crippen molar-refractivity contribution in [3.05, 3.63) is 35.4 Å². The molecule has 0 saturated carbocycles. The van der Waals surface area contributed by atoms with Crippen LogP contribution >= 0.6 is 0 Å². The predicted octanol–water partition coefficient (Wildman–Crippen LogP) is -4.16. The summed E-state index contributed by atoms with van der Waals surface area (Å²) in [6.07, 6.45) is -22.5. The molecule has 3 fully saturated rings. The summed E-state index contributed by atoms with van der Waals surface area (Å²) in [7, 11) is 0. The first kappa shape index (κ1) is 39.0. The second kappa shape index (κ2) is 16.6. The number of rotatable bonds is 13. The minimum atomic E-state index is -1.80. The number of aliphatic hydroxyl groups excluding tert-OH is 9. The zero-order chi connectivity index (χ0) is 36.4. The standard InChI is InChI=1S/C32H47NO17/c1-13(2)27-26(42)28(50-32-25(41)22(38)19(35)16(10-34)48-32)21(37)18(47-27)12-46-31-24(40)23(39)20(36)17(49-31)11-45-9-5-8-33-29(43)14-6-3-4-7-15(14)30(33)44/h3-4,6-7,13,16-28,31-32,34-42H,5,8-12H2,1-2H3. The number of carbonyl (C=O) groups excluding carboxylic acids is 2. The Labute approximate surface area is 287 Å². The summed E-state index contributed by atoms with van der Waals surface area (Å²) in [4.78, 5) is 26.2. The van der Waals surface area contributed by atoms with Gasteiger partial charge in [0.2, 0.25) is 0 Å². The van der Waals surface area contributed by atoms with Crippen LogP contribution in [0.2, 0.25) is 0 Å². The van der Waals surface area contributed by atoms with Crippen LogP contribution < -0.4 is 0 Å². The first-order valence-electron chi connectivity index (χ1n) is 16.6. The maximum Gasteiger partial charge on any atom is 0.261 e. The summed E-state index contributed by atoms with van der Waals surface area (Å²) in [6, 6.07) is 6.50. The van der Waals surface area contributed by atoms with Crippen molar-refractivity contribution in [2.75, 3.05) is 33.0 Å². The van der Waals surface area contributed by atoms with E-state index in [4.69, 9.17) is 28.4 Å². The zero-order valence-corrected chi connectivity index (χ0v) is 27.5. The van der Waals surface area contributed by atoms with Crippen molar-refractivity contribution >= 4 is 11.8 Å². The second-order valence-corrected chi connectivity index (χ2v) is 13.2. The molecule has 0 spiro atoms. The molecule has 5 rings (SSSR count). The molecule has 0 radical (unpaired) electrons. The number of nitrogens with zero attached hydrogens (tertiary/aromatic N) is 1. The van der Waals surface area contributed by atoms with Gasteiger partial charge in [-0.25, -0.2) is 0 Å². The number of hydrogen-bond donors (Lipinski definition) is 9. The highest BCUT2D eigenvalue weighted by atomic mass is 16.7. The molecule has 15 unspecified atom stereocenters. The lowest BCUT2D eigenvalue weighted by atomic mass is 9.89. The third-order valence-electron chi connectivity index (χ3n) is 9.44. The summed E-state index contributed by atoms with van der Waals surface area (Å²) in [5.41, 5.74) is 0.657. The Hall–Kier alpha value is -2.24. The molecule has 18 heteroatoms. The lowest BCUT2D eigenvalue weighted by Gasteiger charge is -2.47. The number of fused-ring (bicyclic) bond motifs is 1. The van der Waals surface area contributed by atoms with Crippen molar-refractivity contribution in [3.63, 3.8) is 0 Å². The normalized spacial score (nSPS) is 40.8. The van der Waals surface area contributed by atoms with Crippen molar-refractivity contribution in [2.24, 2.45) is 5.92 Å². The molecule has 1 aromatic carbocycles. The van der Waals surface area contributed by atoms with E-state index in [0.717, 1.165) is 4.90 Å². The molecule has 4 aliphatic rings. The van der Waals surface area contributed by atoms with E-state index in [1.807, 2.05) is 0 Å². The number of benzene rings is 1. The number of aliphatic hydroxyl groups is 9. The Bertz CT molecular complexity index is 1270. The first-order valence-corrected chi connectivity index (χ1v) is 16.6. The first-order chi connectivity index (χ1) is 23.8. The van der Waals surface area contributed by atoms with Crippen LogP contribution in [0.15, 0.2) is 24.3 Å². The molecule has 0 aromatic heterocycles. The van der Waals surface area contributed by atoms with Crippen LogP contribution in [0.4, 0.5) is 0 Å². The second-order valence-electron chi connectivity index (χ2n) is 13.2. The van der Waals surface area contributed by atoms with Crippen molar-refractivity contribution < 1.29 is 84.0 Å². The minimum absolute atomic E-state index is 0.0566. The molecule has 4 aliphatic heterocycles. The van der Waals surface area contributed by atoms with Gasteiger partial charge in [-0.2, -0.15) is 0 Å². The summed E-state index contributed by atoms with van der Waals surface area (Å²) >= 11 is 0. The molecular weight excluding hydrogens is 670 g/mol. The van der Waals surface area contributed by atoms with E-state index in [1.165, 1.54) is 0 Å². The Morgan fingerprint density at radius 3 is 1.86 bits per heavy atom. The fourth-order valence-corrected chi connectivity index (χ4v) is 6.50. The van der Waals surface area contributed by atoms with Crippen LogP contribution in [0.5, 0.6) is 0 Å². The summed E-state index contributed by atoms with van der Waals surface area (Å²) in [5, 5.41) is 94.1. The van der Waals surface area contributed by atoms with E-state index in [0.29, 0.717) is 11.1 Å². The van der Waals surface area contributed by atoms with Gasteiger partial charge in [0.25, 0.3) is 11.8 Å². The fourth-order valence-electron chi connectivity index (χ4n) is 6.50. The van der Waals surface area contributed by atoms with E-state index >= 15 is 0 Å². The summed E-state index contributed by atoms with van der Waals surface area (Å²) in [6.45, 7) is 2.14. The molecule has 1 aromatic rings. The molecule has 4 heterocycles.